The molecular weight excluding hydrogens is 383 g/mol. The zero-order chi connectivity index (χ0) is 21.2. The van der Waals surface area contributed by atoms with Crippen LogP contribution in [0.3, 0.4) is 0 Å². The summed E-state index contributed by atoms with van der Waals surface area (Å²) >= 11 is 0. The van der Waals surface area contributed by atoms with Crippen molar-refractivity contribution in [2.75, 3.05) is 12.8 Å². The fourth-order valence-corrected chi connectivity index (χ4v) is 10.3. The van der Waals surface area contributed by atoms with Gasteiger partial charge in [0.15, 0.2) is 0 Å². The van der Waals surface area contributed by atoms with Crippen molar-refractivity contribution < 1.29 is 5.11 Å². The maximum atomic E-state index is 9.77. The fourth-order valence-electron chi connectivity index (χ4n) is 5.38. The molecule has 0 bridgehead atoms. The summed E-state index contributed by atoms with van der Waals surface area (Å²) in [6, 6.07) is 33.4. The first-order valence-corrected chi connectivity index (χ1v) is 13.2. The number of hydrogen-bond acceptors (Lipinski definition) is 1. The van der Waals surface area contributed by atoms with Gasteiger partial charge in [-0.15, -0.1) is 0 Å². The van der Waals surface area contributed by atoms with Gasteiger partial charge >= 0.3 is 182 Å². The molecular formula is C28H33OP. The normalized spacial score (nSPS) is 20.3. The summed E-state index contributed by atoms with van der Waals surface area (Å²) in [6.07, 6.45) is 2.10. The van der Waals surface area contributed by atoms with Crippen LogP contribution in [0.25, 0.3) is 0 Å². The Labute approximate surface area is 181 Å². The number of aliphatic hydroxyl groups is 1. The van der Waals surface area contributed by atoms with E-state index in [2.05, 4.69) is 112 Å². The van der Waals surface area contributed by atoms with Gasteiger partial charge in [-0.05, 0) is 0 Å². The number of benzene rings is 3. The second-order valence-corrected chi connectivity index (χ2v) is 13.1. The molecule has 1 aliphatic rings. The number of rotatable bonds is 6. The molecule has 0 aliphatic heterocycles. The first-order valence-electron chi connectivity index (χ1n) is 11.0. The van der Waals surface area contributed by atoms with Crippen LogP contribution in [0.15, 0.2) is 102 Å². The quantitative estimate of drug-likeness (QED) is 0.440. The van der Waals surface area contributed by atoms with Gasteiger partial charge < -0.3 is 0 Å². The zero-order valence-corrected chi connectivity index (χ0v) is 19.3. The average molecular weight is 417 g/mol. The monoisotopic (exact) mass is 416 g/mol. The molecule has 2 heteroatoms. The third-order valence-corrected chi connectivity index (χ3v) is 12.3. The Kier molecular flexibility index (Phi) is 5.96. The molecule has 4 rings (SSSR count). The van der Waals surface area contributed by atoms with E-state index in [0.29, 0.717) is 5.92 Å². The van der Waals surface area contributed by atoms with Crippen LogP contribution in [0, 0.1) is 11.3 Å². The van der Waals surface area contributed by atoms with Gasteiger partial charge in [0, 0.05) is 0 Å². The van der Waals surface area contributed by atoms with Crippen LogP contribution in [0.5, 0.6) is 0 Å². The molecule has 30 heavy (non-hydrogen) atoms. The summed E-state index contributed by atoms with van der Waals surface area (Å²) in [5.74, 6) is 0.378. The molecule has 0 spiro atoms. The van der Waals surface area contributed by atoms with Gasteiger partial charge in [0.2, 0.25) is 0 Å². The van der Waals surface area contributed by atoms with Crippen LogP contribution >= 0.6 is 7.26 Å². The molecule has 0 amide bonds. The standard InChI is InChI=1S/C28H33OP/c1-22(27-19-23(20-29)28(27,2)3)21-30(24-13-7-4-8-14-24,25-15-9-5-10-16-25)26-17-11-6-12-18-26/h4-18,23,29-30H,19-21H2,1-3H3. The van der Waals surface area contributed by atoms with E-state index in [-0.39, 0.29) is 12.0 Å². The summed E-state index contributed by atoms with van der Waals surface area (Å²) in [5.41, 5.74) is 3.14. The van der Waals surface area contributed by atoms with Crippen LogP contribution < -0.4 is 15.9 Å². The van der Waals surface area contributed by atoms with Crippen LogP contribution in [-0.4, -0.2) is 17.9 Å². The summed E-state index contributed by atoms with van der Waals surface area (Å²) in [6.45, 7) is 7.21. The molecule has 3 aromatic rings. The van der Waals surface area contributed by atoms with E-state index in [1.807, 2.05) is 0 Å². The van der Waals surface area contributed by atoms with Gasteiger partial charge in [0.25, 0.3) is 0 Å². The van der Waals surface area contributed by atoms with Gasteiger partial charge in [-0.1, -0.05) is 0 Å². The van der Waals surface area contributed by atoms with E-state index >= 15 is 0 Å². The van der Waals surface area contributed by atoms with Crippen molar-refractivity contribution in [3.05, 3.63) is 102 Å². The molecule has 1 N–H and O–H groups in total. The minimum atomic E-state index is -2.25. The van der Waals surface area contributed by atoms with Crippen molar-refractivity contribution >= 4 is 23.2 Å². The number of aliphatic hydroxyl groups excluding tert-OH is 1. The van der Waals surface area contributed by atoms with E-state index in [0.717, 1.165) is 12.6 Å². The Balaban J connectivity index is 1.92. The Hall–Kier alpha value is -2.21. The summed E-state index contributed by atoms with van der Waals surface area (Å²) in [7, 11) is -2.25. The van der Waals surface area contributed by atoms with Crippen LogP contribution in [-0.2, 0) is 0 Å². The maximum absolute atomic E-state index is 9.77. The Morgan fingerprint density at radius 1 is 0.800 bits per heavy atom. The van der Waals surface area contributed by atoms with Crippen molar-refractivity contribution in [3.63, 3.8) is 0 Å². The first-order chi connectivity index (χ1) is 14.5. The Morgan fingerprint density at radius 3 is 1.53 bits per heavy atom. The zero-order valence-electron chi connectivity index (χ0n) is 18.3. The van der Waals surface area contributed by atoms with E-state index in [1.54, 1.807) is 5.57 Å². The molecule has 156 valence electrons. The van der Waals surface area contributed by atoms with Crippen molar-refractivity contribution in [1.29, 1.82) is 0 Å². The van der Waals surface area contributed by atoms with Crippen molar-refractivity contribution in [3.8, 4) is 0 Å². The molecule has 1 aliphatic carbocycles. The Bertz CT molecular complexity index is 910. The molecule has 1 atom stereocenters. The second kappa shape index (κ2) is 8.50. The molecule has 3 aromatic carbocycles. The topological polar surface area (TPSA) is 20.2 Å². The van der Waals surface area contributed by atoms with Crippen LogP contribution in [0.2, 0.25) is 0 Å². The van der Waals surface area contributed by atoms with E-state index in [1.165, 1.54) is 21.5 Å². The van der Waals surface area contributed by atoms with Gasteiger partial charge in [-0.25, -0.2) is 0 Å². The summed E-state index contributed by atoms with van der Waals surface area (Å²) < 4.78 is 0. The second-order valence-electron chi connectivity index (χ2n) is 9.24. The van der Waals surface area contributed by atoms with E-state index < -0.39 is 7.26 Å². The third kappa shape index (κ3) is 3.55. The fraction of sp³-hybridized carbons (Fsp3) is 0.286. The van der Waals surface area contributed by atoms with Crippen molar-refractivity contribution in [1.82, 2.24) is 0 Å². The minimum absolute atomic E-state index is 0.0863. The third-order valence-electron chi connectivity index (χ3n) is 7.31. The van der Waals surface area contributed by atoms with Crippen molar-refractivity contribution in [2.24, 2.45) is 11.3 Å². The van der Waals surface area contributed by atoms with Gasteiger partial charge in [0.05, 0.1) is 0 Å². The van der Waals surface area contributed by atoms with Gasteiger partial charge in [0.1, 0.15) is 0 Å². The molecule has 0 radical (unpaired) electrons. The predicted octanol–water partition coefficient (Wildman–Crippen LogP) is 5.07. The molecule has 0 heterocycles. The van der Waals surface area contributed by atoms with Gasteiger partial charge in [-0.2, -0.15) is 0 Å². The molecule has 1 fully saturated rings. The molecule has 0 aromatic heterocycles. The van der Waals surface area contributed by atoms with Crippen molar-refractivity contribution in [2.45, 2.75) is 27.2 Å². The summed E-state index contributed by atoms with van der Waals surface area (Å²) in [5, 5.41) is 14.1. The Morgan fingerprint density at radius 2 is 1.20 bits per heavy atom. The number of hydrogen-bond donors (Lipinski definition) is 1. The SMILES string of the molecule is CC(C[PH](c1ccccc1)(c1ccccc1)c1ccccc1)=C1CC(CO)C1(C)C. The van der Waals surface area contributed by atoms with E-state index in [4.69, 9.17) is 0 Å². The van der Waals surface area contributed by atoms with Gasteiger partial charge in [-0.3, -0.25) is 0 Å². The summed E-state index contributed by atoms with van der Waals surface area (Å²) in [4.78, 5) is 0. The van der Waals surface area contributed by atoms with Crippen LogP contribution in [0.4, 0.5) is 0 Å². The van der Waals surface area contributed by atoms with E-state index in [9.17, 15) is 5.11 Å². The molecule has 0 saturated heterocycles. The predicted molar refractivity (Wildman–Crippen MR) is 133 cm³/mol. The first kappa shape index (κ1) is 21.0. The number of allylic oxidation sites excluding steroid dienone is 2. The average Bonchev–Trinajstić information content (AvgIpc) is 2.79. The molecule has 1 unspecified atom stereocenters. The molecule has 1 saturated carbocycles. The molecule has 1 nitrogen and oxygen atoms in total. The van der Waals surface area contributed by atoms with Crippen LogP contribution in [0.1, 0.15) is 27.2 Å².